The molecule has 0 radical (unpaired) electrons. The lowest BCUT2D eigenvalue weighted by atomic mass is 10.2. The molecule has 0 amide bonds. The Morgan fingerprint density at radius 3 is 2.88 bits per heavy atom. The zero-order chi connectivity index (χ0) is 11.6. The fourth-order valence-corrected chi connectivity index (χ4v) is 4.34. The van der Waals surface area contributed by atoms with Gasteiger partial charge in [-0.1, -0.05) is 6.07 Å². The zero-order valence-corrected chi connectivity index (χ0v) is 10.4. The molecule has 2 rings (SSSR count). The number of nitrogens with one attached hydrogen (secondary N) is 1. The normalized spacial score (nSPS) is 28.3. The van der Waals surface area contributed by atoms with Gasteiger partial charge in [-0.15, -0.1) is 11.3 Å². The second-order valence-electron chi connectivity index (χ2n) is 4.03. The van der Waals surface area contributed by atoms with Crippen LogP contribution in [0.1, 0.15) is 4.88 Å². The number of aliphatic hydroxyl groups excluding tert-OH is 1. The Morgan fingerprint density at radius 1 is 1.50 bits per heavy atom. The van der Waals surface area contributed by atoms with Crippen LogP contribution in [0, 0.1) is 0 Å². The van der Waals surface area contributed by atoms with Crippen molar-refractivity contribution in [3.8, 4) is 0 Å². The molecule has 90 valence electrons. The second-order valence-corrected chi connectivity index (χ2v) is 7.22. The first-order chi connectivity index (χ1) is 7.57. The van der Waals surface area contributed by atoms with Crippen LogP contribution < -0.4 is 5.32 Å². The molecule has 2 heterocycles. The van der Waals surface area contributed by atoms with Crippen LogP contribution in [0.5, 0.6) is 0 Å². The molecule has 2 N–H and O–H groups in total. The lowest BCUT2D eigenvalue weighted by molar-refractivity contribution is 0.166. The van der Waals surface area contributed by atoms with E-state index in [4.69, 9.17) is 0 Å². The largest absolute Gasteiger partial charge is 0.390 e. The summed E-state index contributed by atoms with van der Waals surface area (Å²) in [5.41, 5.74) is 0. The van der Waals surface area contributed by atoms with Gasteiger partial charge in [0.2, 0.25) is 0 Å². The Morgan fingerprint density at radius 2 is 2.31 bits per heavy atom. The molecule has 1 saturated heterocycles. The van der Waals surface area contributed by atoms with Crippen molar-refractivity contribution in [3.05, 3.63) is 22.4 Å². The van der Waals surface area contributed by atoms with E-state index in [0.29, 0.717) is 6.54 Å². The van der Waals surface area contributed by atoms with Gasteiger partial charge >= 0.3 is 0 Å². The smallest absolute Gasteiger partial charge is 0.154 e. The van der Waals surface area contributed by atoms with Crippen LogP contribution in [0.4, 0.5) is 0 Å². The number of sulfone groups is 1. The predicted octanol–water partition coefficient (Wildman–Crippen LogP) is 0.0381. The summed E-state index contributed by atoms with van der Waals surface area (Å²) in [6.07, 6.45) is 0.120. The van der Waals surface area contributed by atoms with Gasteiger partial charge in [-0.2, -0.15) is 0 Å². The van der Waals surface area contributed by atoms with Gasteiger partial charge in [0, 0.05) is 17.5 Å². The first-order valence-electron chi connectivity index (χ1n) is 5.21. The van der Waals surface area contributed by atoms with Gasteiger partial charge in [0.15, 0.2) is 9.84 Å². The fraction of sp³-hybridized carbons (Fsp3) is 0.600. The summed E-state index contributed by atoms with van der Waals surface area (Å²) >= 11 is 1.69. The number of thiophene rings is 1. The highest BCUT2D eigenvalue weighted by atomic mass is 32.2. The Balaban J connectivity index is 1.79. The molecule has 1 aliphatic heterocycles. The molecule has 6 heteroatoms. The van der Waals surface area contributed by atoms with Gasteiger partial charge in [-0.05, 0) is 17.9 Å². The maximum atomic E-state index is 11.2. The minimum atomic E-state index is -3.04. The summed E-state index contributed by atoms with van der Waals surface area (Å²) in [6, 6.07) is 3.74. The van der Waals surface area contributed by atoms with Crippen LogP contribution in [0.3, 0.4) is 0 Å². The summed E-state index contributed by atoms with van der Waals surface area (Å²) in [4.78, 5) is 1.27. The van der Waals surface area contributed by atoms with E-state index in [1.807, 2.05) is 17.5 Å². The number of hydrogen-bond acceptors (Lipinski definition) is 5. The molecule has 0 spiro atoms. The van der Waals surface area contributed by atoms with Crippen LogP contribution in [0.25, 0.3) is 0 Å². The molecular weight excluding hydrogens is 246 g/mol. The summed E-state index contributed by atoms with van der Waals surface area (Å²) in [5.74, 6) is -0.0533. The molecule has 4 nitrogen and oxygen atoms in total. The summed E-state index contributed by atoms with van der Waals surface area (Å²) in [6.45, 7) is 0.706. The Hall–Kier alpha value is -0.430. The SMILES string of the molecule is O=S1(=O)C[C@H](NCCc2cccs2)[C@@H](O)C1. The molecule has 1 aromatic rings. The molecule has 0 unspecified atom stereocenters. The van der Waals surface area contributed by atoms with Crippen molar-refractivity contribution in [2.75, 3.05) is 18.1 Å². The molecule has 0 aromatic carbocycles. The fourth-order valence-electron chi connectivity index (χ4n) is 1.86. The van der Waals surface area contributed by atoms with Crippen molar-refractivity contribution in [2.45, 2.75) is 18.6 Å². The predicted molar refractivity (Wildman–Crippen MR) is 64.5 cm³/mol. The molecular formula is C10H15NO3S2. The molecule has 1 aliphatic rings. The molecule has 1 aromatic heterocycles. The maximum absolute atomic E-state index is 11.2. The van der Waals surface area contributed by atoms with E-state index in [0.717, 1.165) is 6.42 Å². The molecule has 1 fully saturated rings. The van der Waals surface area contributed by atoms with Gasteiger partial charge < -0.3 is 10.4 Å². The molecule has 0 aliphatic carbocycles. The zero-order valence-electron chi connectivity index (χ0n) is 8.80. The molecule has 2 atom stereocenters. The number of hydrogen-bond donors (Lipinski definition) is 2. The van der Waals surface area contributed by atoms with Crippen LogP contribution in [0.15, 0.2) is 17.5 Å². The van der Waals surface area contributed by atoms with Crippen molar-refractivity contribution in [1.82, 2.24) is 5.32 Å². The van der Waals surface area contributed by atoms with Crippen LogP contribution in [0.2, 0.25) is 0 Å². The van der Waals surface area contributed by atoms with Crippen molar-refractivity contribution >= 4 is 21.2 Å². The monoisotopic (exact) mass is 261 g/mol. The van der Waals surface area contributed by atoms with E-state index in [-0.39, 0.29) is 17.5 Å². The third kappa shape index (κ3) is 3.04. The molecule has 16 heavy (non-hydrogen) atoms. The minimum Gasteiger partial charge on any atom is -0.390 e. The topological polar surface area (TPSA) is 66.4 Å². The van der Waals surface area contributed by atoms with E-state index < -0.39 is 15.9 Å². The van der Waals surface area contributed by atoms with Crippen LogP contribution in [-0.4, -0.2) is 43.7 Å². The quantitative estimate of drug-likeness (QED) is 0.803. The summed E-state index contributed by atoms with van der Waals surface area (Å²) < 4.78 is 22.5. The lowest BCUT2D eigenvalue weighted by Gasteiger charge is -2.14. The maximum Gasteiger partial charge on any atom is 0.154 e. The summed E-state index contributed by atoms with van der Waals surface area (Å²) in [5, 5.41) is 14.7. The van der Waals surface area contributed by atoms with Crippen molar-refractivity contribution in [3.63, 3.8) is 0 Å². The molecule has 0 saturated carbocycles. The van der Waals surface area contributed by atoms with Crippen LogP contribution >= 0.6 is 11.3 Å². The van der Waals surface area contributed by atoms with Crippen molar-refractivity contribution in [1.29, 1.82) is 0 Å². The molecule has 0 bridgehead atoms. The third-order valence-electron chi connectivity index (χ3n) is 2.68. The highest BCUT2D eigenvalue weighted by Crippen LogP contribution is 2.13. The highest BCUT2D eigenvalue weighted by molar-refractivity contribution is 7.91. The van der Waals surface area contributed by atoms with Crippen molar-refractivity contribution < 1.29 is 13.5 Å². The average Bonchev–Trinajstić information content (AvgIpc) is 2.75. The van der Waals surface area contributed by atoms with Gasteiger partial charge in [0.25, 0.3) is 0 Å². The average molecular weight is 261 g/mol. The van der Waals surface area contributed by atoms with Crippen LogP contribution in [-0.2, 0) is 16.3 Å². The number of aliphatic hydroxyl groups is 1. The van der Waals surface area contributed by atoms with Gasteiger partial charge in [0.1, 0.15) is 0 Å². The van der Waals surface area contributed by atoms with E-state index in [2.05, 4.69) is 5.32 Å². The first-order valence-corrected chi connectivity index (χ1v) is 7.91. The van der Waals surface area contributed by atoms with Crippen molar-refractivity contribution in [2.24, 2.45) is 0 Å². The first kappa shape index (κ1) is 12.0. The minimum absolute atomic E-state index is 0.0542. The van der Waals surface area contributed by atoms with E-state index in [9.17, 15) is 13.5 Å². The summed E-state index contributed by atoms with van der Waals surface area (Å²) in [7, 11) is -3.04. The van der Waals surface area contributed by atoms with E-state index >= 15 is 0 Å². The number of rotatable bonds is 4. The van der Waals surface area contributed by atoms with Gasteiger partial charge in [-0.3, -0.25) is 0 Å². The highest BCUT2D eigenvalue weighted by Gasteiger charge is 2.35. The Kier molecular flexibility index (Phi) is 3.63. The van der Waals surface area contributed by atoms with E-state index in [1.165, 1.54) is 4.88 Å². The standard InChI is InChI=1S/C10H15NO3S2/c12-10-7-16(13,14)6-9(10)11-4-3-8-2-1-5-15-8/h1-2,5,9-12H,3-4,6-7H2/t9-,10-/m0/s1. The Labute approximate surface area is 99.2 Å². The second kappa shape index (κ2) is 4.83. The van der Waals surface area contributed by atoms with Gasteiger partial charge in [0.05, 0.1) is 17.6 Å². The lowest BCUT2D eigenvalue weighted by Crippen LogP contribution is -2.39. The third-order valence-corrected chi connectivity index (χ3v) is 5.33. The van der Waals surface area contributed by atoms with E-state index in [1.54, 1.807) is 11.3 Å². The van der Waals surface area contributed by atoms with Gasteiger partial charge in [-0.25, -0.2) is 8.42 Å². The Bertz CT molecular complexity index is 427.